The van der Waals surface area contributed by atoms with Crippen LogP contribution >= 0.6 is 0 Å². The molecule has 9 nitrogen and oxygen atoms in total. The van der Waals surface area contributed by atoms with Crippen LogP contribution in [-0.2, 0) is 11.2 Å². The van der Waals surface area contributed by atoms with Crippen LogP contribution < -0.4 is 25.4 Å². The van der Waals surface area contributed by atoms with E-state index in [1.54, 1.807) is 14.2 Å². The molecule has 0 aliphatic heterocycles. The minimum atomic E-state index is 0.00258. The van der Waals surface area contributed by atoms with Crippen molar-refractivity contribution in [2.75, 3.05) is 46.2 Å². The zero-order valence-corrected chi connectivity index (χ0v) is 23.1. The fourth-order valence-corrected chi connectivity index (χ4v) is 3.61. The second kappa shape index (κ2) is 16.7. The fourth-order valence-electron chi connectivity index (χ4n) is 3.61. The zero-order chi connectivity index (χ0) is 27.8. The van der Waals surface area contributed by atoms with Gasteiger partial charge in [0.05, 0.1) is 14.2 Å². The molecule has 0 spiro atoms. The Labute approximate surface area is 226 Å². The van der Waals surface area contributed by atoms with Gasteiger partial charge in [0.1, 0.15) is 11.5 Å². The van der Waals surface area contributed by atoms with Crippen LogP contribution in [0.4, 0.5) is 5.69 Å². The van der Waals surface area contributed by atoms with Crippen molar-refractivity contribution >= 4 is 23.6 Å². The number of nitrogens with one attached hydrogen (secondary N) is 3. The molecule has 0 atom stereocenters. The first-order valence-electron chi connectivity index (χ1n) is 12.8. The third-order valence-electron chi connectivity index (χ3n) is 5.58. The van der Waals surface area contributed by atoms with E-state index in [4.69, 9.17) is 14.7 Å². The molecule has 0 fully saturated rings. The summed E-state index contributed by atoms with van der Waals surface area (Å²) in [5, 5.41) is 17.5. The van der Waals surface area contributed by atoms with E-state index in [-0.39, 0.29) is 11.9 Å². The lowest BCUT2D eigenvalue weighted by molar-refractivity contribution is -0.120. The number of anilines is 1. The second-order valence-corrected chi connectivity index (χ2v) is 9.14. The molecule has 0 bridgehead atoms. The number of amides is 1. The Morgan fingerprint density at radius 2 is 1.79 bits per heavy atom. The van der Waals surface area contributed by atoms with Crippen LogP contribution in [0.5, 0.6) is 11.5 Å². The summed E-state index contributed by atoms with van der Waals surface area (Å²) in [6.45, 7) is 6.31. The number of nitriles is 1. The van der Waals surface area contributed by atoms with Gasteiger partial charge in [-0.15, -0.1) is 0 Å². The first-order valence-corrected chi connectivity index (χ1v) is 12.8. The Morgan fingerprint density at radius 1 is 1.11 bits per heavy atom. The van der Waals surface area contributed by atoms with Gasteiger partial charge < -0.3 is 25.0 Å². The van der Waals surface area contributed by atoms with E-state index in [9.17, 15) is 4.79 Å². The normalized spacial score (nSPS) is 11.5. The van der Waals surface area contributed by atoms with Crippen molar-refractivity contribution in [3.05, 3.63) is 59.7 Å². The Hall–Kier alpha value is -4.03. The number of methoxy groups -OCH3 is 2. The summed E-state index contributed by atoms with van der Waals surface area (Å²) in [5.74, 6) is 2.00. The molecule has 0 unspecified atom stereocenters. The van der Waals surface area contributed by atoms with Gasteiger partial charge in [0.2, 0.25) is 11.9 Å². The van der Waals surface area contributed by atoms with E-state index < -0.39 is 0 Å². The van der Waals surface area contributed by atoms with Gasteiger partial charge in [0, 0.05) is 37.3 Å². The maximum atomic E-state index is 12.2. The third kappa shape index (κ3) is 11.8. The monoisotopic (exact) mass is 520 g/mol. The number of aliphatic imine (C=N–C) groups is 1. The predicted octanol–water partition coefficient (Wildman–Crippen LogP) is 4.03. The lowest BCUT2D eigenvalue weighted by Gasteiger charge is -2.17. The van der Waals surface area contributed by atoms with Crippen molar-refractivity contribution in [1.82, 2.24) is 15.5 Å². The highest BCUT2D eigenvalue weighted by molar-refractivity contribution is 5.94. The van der Waals surface area contributed by atoms with Crippen molar-refractivity contribution in [3.63, 3.8) is 0 Å². The van der Waals surface area contributed by atoms with Crippen molar-refractivity contribution in [2.45, 2.75) is 39.2 Å². The summed E-state index contributed by atoms with van der Waals surface area (Å²) < 4.78 is 10.7. The molecule has 0 radical (unpaired) electrons. The first-order chi connectivity index (χ1) is 18.3. The fraction of sp³-hybridized carbons (Fsp3) is 0.414. The second-order valence-electron chi connectivity index (χ2n) is 9.14. The molecule has 0 aromatic heterocycles. The molecule has 0 aliphatic rings. The van der Waals surface area contributed by atoms with E-state index >= 15 is 0 Å². The molecule has 2 rings (SSSR count). The summed E-state index contributed by atoms with van der Waals surface area (Å²) >= 11 is 0. The number of carbonyl (C=O) groups excluding carboxylic acids is 1. The number of nitrogens with zero attached hydrogens (tertiary/aromatic N) is 3. The van der Waals surface area contributed by atoms with Crippen LogP contribution in [0.1, 0.15) is 37.8 Å². The molecule has 0 aliphatic carbocycles. The Morgan fingerprint density at radius 3 is 2.39 bits per heavy atom. The van der Waals surface area contributed by atoms with Crippen molar-refractivity contribution in [1.29, 1.82) is 5.26 Å². The van der Waals surface area contributed by atoms with E-state index in [0.29, 0.717) is 18.9 Å². The molecule has 0 saturated heterocycles. The van der Waals surface area contributed by atoms with Gasteiger partial charge in [0.15, 0.2) is 6.19 Å². The van der Waals surface area contributed by atoms with Gasteiger partial charge in [-0.25, -0.2) is 4.99 Å². The standard InChI is InChI=1S/C29H40N6O3/c1-22(2)33-29(32-21-30)34-25-12-10-23(11-13-25)8-6-9-28(36)31-15-7-16-35(3)17-14-24-18-26(37-4)20-27(19-24)38-5/h6,8,10-13,18-20,22H,7,9,14-17H2,1-5H3,(H,31,36)(H2,32,33,34). The molecule has 9 heteroatoms. The lowest BCUT2D eigenvalue weighted by Crippen LogP contribution is -2.28. The third-order valence-corrected chi connectivity index (χ3v) is 5.58. The molecule has 38 heavy (non-hydrogen) atoms. The number of hydrogen-bond donors (Lipinski definition) is 3. The van der Waals surface area contributed by atoms with Gasteiger partial charge in [-0.2, -0.15) is 5.26 Å². The summed E-state index contributed by atoms with van der Waals surface area (Å²) in [6.07, 6.45) is 7.75. The largest absolute Gasteiger partial charge is 0.497 e. The van der Waals surface area contributed by atoms with E-state index in [1.807, 2.05) is 74.7 Å². The van der Waals surface area contributed by atoms with E-state index in [2.05, 4.69) is 32.9 Å². The molecular formula is C29H40N6O3. The van der Waals surface area contributed by atoms with Gasteiger partial charge in [-0.1, -0.05) is 24.3 Å². The molecule has 204 valence electrons. The van der Waals surface area contributed by atoms with Crippen molar-refractivity contribution in [2.24, 2.45) is 4.99 Å². The molecule has 1 amide bonds. The van der Waals surface area contributed by atoms with Crippen LogP contribution in [0, 0.1) is 11.5 Å². The molecule has 0 saturated carbocycles. The van der Waals surface area contributed by atoms with Gasteiger partial charge in [0.25, 0.3) is 0 Å². The molecule has 2 aromatic carbocycles. The van der Waals surface area contributed by atoms with Crippen LogP contribution in [0.25, 0.3) is 6.08 Å². The highest BCUT2D eigenvalue weighted by Gasteiger charge is 2.05. The number of ether oxygens (including phenoxy) is 2. The zero-order valence-electron chi connectivity index (χ0n) is 23.1. The van der Waals surface area contributed by atoms with Crippen LogP contribution in [0.3, 0.4) is 0 Å². The van der Waals surface area contributed by atoms with Crippen LogP contribution in [0.2, 0.25) is 0 Å². The molecule has 0 heterocycles. The quantitative estimate of drug-likeness (QED) is 0.113. The molecule has 3 N–H and O–H groups in total. The Kier molecular flexibility index (Phi) is 13.2. The van der Waals surface area contributed by atoms with Gasteiger partial charge in [-0.05, 0) is 75.7 Å². The average molecular weight is 521 g/mol. The lowest BCUT2D eigenvalue weighted by atomic mass is 10.1. The van der Waals surface area contributed by atoms with E-state index in [1.165, 1.54) is 5.56 Å². The topological polar surface area (TPSA) is 111 Å². The summed E-state index contributed by atoms with van der Waals surface area (Å²) in [5.41, 5.74) is 2.96. The van der Waals surface area contributed by atoms with Crippen LogP contribution in [-0.4, -0.2) is 63.7 Å². The Bertz CT molecular complexity index is 1080. The summed E-state index contributed by atoms with van der Waals surface area (Å²) in [7, 11) is 5.39. The van der Waals surface area contributed by atoms with Crippen LogP contribution in [0.15, 0.2) is 53.5 Å². The Balaban J connectivity index is 1.67. The molecule has 2 aromatic rings. The maximum absolute atomic E-state index is 12.2. The molecular weight excluding hydrogens is 480 g/mol. The highest BCUT2D eigenvalue weighted by atomic mass is 16.5. The number of guanidine groups is 1. The predicted molar refractivity (Wildman–Crippen MR) is 153 cm³/mol. The number of hydrogen-bond acceptors (Lipinski definition) is 6. The number of benzene rings is 2. The van der Waals surface area contributed by atoms with Gasteiger partial charge in [-0.3, -0.25) is 10.1 Å². The van der Waals surface area contributed by atoms with Crippen molar-refractivity contribution in [3.8, 4) is 17.7 Å². The minimum absolute atomic E-state index is 0.00258. The van der Waals surface area contributed by atoms with Gasteiger partial charge >= 0.3 is 0 Å². The smallest absolute Gasteiger partial charge is 0.223 e. The average Bonchev–Trinajstić information content (AvgIpc) is 2.90. The summed E-state index contributed by atoms with van der Waals surface area (Å²) in [4.78, 5) is 18.8. The maximum Gasteiger partial charge on any atom is 0.223 e. The first kappa shape index (κ1) is 30.2. The highest BCUT2D eigenvalue weighted by Crippen LogP contribution is 2.22. The SMILES string of the molecule is COc1cc(CCN(C)CCCNC(=O)CC=Cc2ccc(NC(=NC(C)C)NC#N)cc2)cc(OC)c1. The number of carbonyl (C=O) groups is 1. The summed E-state index contributed by atoms with van der Waals surface area (Å²) in [6, 6.07) is 13.7. The minimum Gasteiger partial charge on any atom is -0.497 e. The van der Waals surface area contributed by atoms with E-state index in [0.717, 1.165) is 48.7 Å². The van der Waals surface area contributed by atoms with Crippen molar-refractivity contribution < 1.29 is 14.3 Å². The number of likely N-dealkylation sites (N-methyl/N-ethyl adjacent to an activating group) is 1. The number of rotatable bonds is 14.